The molecule has 5 nitrogen and oxygen atoms in total. The molecule has 0 amide bonds. The molecule has 0 heterocycles. The monoisotopic (exact) mass is 361 g/mol. The molecular formula is C19H23NO4S. The molecule has 134 valence electrons. The Kier molecular flexibility index (Phi) is 5.01. The highest BCUT2D eigenvalue weighted by Crippen LogP contribution is 2.36. The van der Waals surface area contributed by atoms with Gasteiger partial charge in [-0.15, -0.1) is 0 Å². The van der Waals surface area contributed by atoms with Gasteiger partial charge in [-0.05, 0) is 55.2 Å². The molecule has 0 aromatic heterocycles. The number of rotatable bonds is 7. The van der Waals surface area contributed by atoms with Crippen molar-refractivity contribution < 1.29 is 17.9 Å². The summed E-state index contributed by atoms with van der Waals surface area (Å²) in [6.45, 7) is 2.22. The van der Waals surface area contributed by atoms with Crippen molar-refractivity contribution in [1.82, 2.24) is 4.31 Å². The Labute approximate surface area is 149 Å². The molecule has 1 saturated carbocycles. The molecule has 0 bridgehead atoms. The van der Waals surface area contributed by atoms with Gasteiger partial charge < -0.3 is 9.47 Å². The first-order valence-electron chi connectivity index (χ1n) is 8.25. The van der Waals surface area contributed by atoms with Crippen molar-refractivity contribution in [2.24, 2.45) is 0 Å². The van der Waals surface area contributed by atoms with Crippen molar-refractivity contribution in [3.05, 3.63) is 53.6 Å². The van der Waals surface area contributed by atoms with Crippen molar-refractivity contribution >= 4 is 10.0 Å². The largest absolute Gasteiger partial charge is 0.497 e. The summed E-state index contributed by atoms with van der Waals surface area (Å²) in [6.07, 6.45) is 1.78. The third-order valence-electron chi connectivity index (χ3n) is 4.36. The van der Waals surface area contributed by atoms with Gasteiger partial charge in [0.1, 0.15) is 16.4 Å². The number of hydrogen-bond acceptors (Lipinski definition) is 4. The molecule has 2 aromatic rings. The van der Waals surface area contributed by atoms with Gasteiger partial charge in [0, 0.05) is 12.6 Å². The minimum atomic E-state index is -3.64. The standard InChI is InChI=1S/C19H23NO4S/c1-14-4-11-18(24-3)19(12-14)25(21,22)20(16-7-8-16)13-15-5-9-17(23-2)10-6-15/h4-6,9-12,16H,7-8,13H2,1-3H3. The molecule has 0 saturated heterocycles. The highest BCUT2D eigenvalue weighted by atomic mass is 32.2. The molecule has 0 atom stereocenters. The van der Waals surface area contributed by atoms with E-state index in [0.29, 0.717) is 12.3 Å². The predicted octanol–water partition coefficient (Wildman–Crippen LogP) is 3.37. The topological polar surface area (TPSA) is 55.8 Å². The fraction of sp³-hybridized carbons (Fsp3) is 0.368. The molecule has 2 aromatic carbocycles. The summed E-state index contributed by atoms with van der Waals surface area (Å²) in [5.41, 5.74) is 1.82. The van der Waals surface area contributed by atoms with Gasteiger partial charge in [0.2, 0.25) is 10.0 Å². The van der Waals surface area contributed by atoms with Gasteiger partial charge in [-0.25, -0.2) is 8.42 Å². The van der Waals surface area contributed by atoms with Gasteiger partial charge in [-0.1, -0.05) is 18.2 Å². The number of hydrogen-bond donors (Lipinski definition) is 0. The minimum absolute atomic E-state index is 0.0531. The molecule has 6 heteroatoms. The lowest BCUT2D eigenvalue weighted by Crippen LogP contribution is -2.33. The third kappa shape index (κ3) is 3.80. The molecule has 0 spiro atoms. The van der Waals surface area contributed by atoms with Crippen LogP contribution in [0.4, 0.5) is 0 Å². The van der Waals surface area contributed by atoms with Crippen molar-refractivity contribution in [2.75, 3.05) is 14.2 Å². The molecule has 0 unspecified atom stereocenters. The van der Waals surface area contributed by atoms with Crippen molar-refractivity contribution in [3.63, 3.8) is 0 Å². The van der Waals surface area contributed by atoms with Crippen LogP contribution >= 0.6 is 0 Å². The number of sulfonamides is 1. The van der Waals surface area contributed by atoms with Crippen LogP contribution in [0.3, 0.4) is 0 Å². The first-order valence-corrected chi connectivity index (χ1v) is 9.69. The summed E-state index contributed by atoms with van der Waals surface area (Å²) < 4.78 is 38.6. The second kappa shape index (κ2) is 7.06. The fourth-order valence-electron chi connectivity index (χ4n) is 2.80. The first kappa shape index (κ1) is 17.8. The summed E-state index contributed by atoms with van der Waals surface area (Å²) in [6, 6.07) is 12.8. The van der Waals surface area contributed by atoms with Crippen molar-refractivity contribution in [2.45, 2.75) is 37.2 Å². The van der Waals surface area contributed by atoms with Crippen LogP contribution in [0.15, 0.2) is 47.4 Å². The second-order valence-electron chi connectivity index (χ2n) is 6.28. The van der Waals surface area contributed by atoms with E-state index in [1.54, 1.807) is 23.5 Å². The highest BCUT2D eigenvalue weighted by Gasteiger charge is 2.39. The Morgan fingerprint density at radius 3 is 2.28 bits per heavy atom. The lowest BCUT2D eigenvalue weighted by atomic mass is 10.2. The Morgan fingerprint density at radius 1 is 1.04 bits per heavy atom. The van der Waals surface area contributed by atoms with E-state index in [1.807, 2.05) is 37.3 Å². The number of aryl methyl sites for hydroxylation is 1. The Morgan fingerprint density at radius 2 is 1.72 bits per heavy atom. The first-order chi connectivity index (χ1) is 12.0. The van der Waals surface area contributed by atoms with E-state index in [0.717, 1.165) is 29.7 Å². The summed E-state index contributed by atoms with van der Waals surface area (Å²) in [7, 11) is -0.534. The van der Waals surface area contributed by atoms with Crippen LogP contribution in [0.5, 0.6) is 11.5 Å². The summed E-state index contributed by atoms with van der Waals surface area (Å²) >= 11 is 0. The van der Waals surface area contributed by atoms with E-state index < -0.39 is 10.0 Å². The van der Waals surface area contributed by atoms with E-state index in [-0.39, 0.29) is 10.9 Å². The van der Waals surface area contributed by atoms with Gasteiger partial charge in [-0.2, -0.15) is 4.31 Å². The molecule has 1 fully saturated rings. The number of ether oxygens (including phenoxy) is 2. The van der Waals surface area contributed by atoms with Crippen LogP contribution in [-0.2, 0) is 16.6 Å². The van der Waals surface area contributed by atoms with Gasteiger partial charge >= 0.3 is 0 Å². The Bertz CT molecular complexity index is 842. The fourth-order valence-corrected chi connectivity index (χ4v) is 4.71. The van der Waals surface area contributed by atoms with E-state index in [4.69, 9.17) is 9.47 Å². The lowest BCUT2D eigenvalue weighted by Gasteiger charge is -2.23. The summed E-state index contributed by atoms with van der Waals surface area (Å²) in [4.78, 5) is 0.232. The van der Waals surface area contributed by atoms with Gasteiger partial charge in [0.15, 0.2) is 0 Å². The van der Waals surface area contributed by atoms with Crippen LogP contribution in [0.25, 0.3) is 0 Å². The molecule has 0 N–H and O–H groups in total. The minimum Gasteiger partial charge on any atom is -0.497 e. The highest BCUT2D eigenvalue weighted by molar-refractivity contribution is 7.89. The number of benzene rings is 2. The quantitative estimate of drug-likeness (QED) is 0.759. The zero-order valence-electron chi connectivity index (χ0n) is 14.7. The number of nitrogens with zero attached hydrogens (tertiary/aromatic N) is 1. The summed E-state index contributed by atoms with van der Waals surface area (Å²) in [5, 5.41) is 0. The number of methoxy groups -OCH3 is 2. The molecule has 0 radical (unpaired) electrons. The SMILES string of the molecule is COc1ccc(CN(C2CC2)S(=O)(=O)c2cc(C)ccc2OC)cc1. The summed E-state index contributed by atoms with van der Waals surface area (Å²) in [5.74, 6) is 1.14. The Hall–Kier alpha value is -2.05. The van der Waals surface area contributed by atoms with Crippen molar-refractivity contribution in [3.8, 4) is 11.5 Å². The molecule has 0 aliphatic heterocycles. The van der Waals surface area contributed by atoms with Crippen LogP contribution < -0.4 is 9.47 Å². The smallest absolute Gasteiger partial charge is 0.247 e. The van der Waals surface area contributed by atoms with Crippen LogP contribution in [0.2, 0.25) is 0 Å². The van der Waals surface area contributed by atoms with Crippen LogP contribution in [0.1, 0.15) is 24.0 Å². The zero-order valence-corrected chi connectivity index (χ0v) is 15.5. The van der Waals surface area contributed by atoms with Gasteiger partial charge in [0.05, 0.1) is 14.2 Å². The molecule has 1 aliphatic carbocycles. The molecular weight excluding hydrogens is 338 g/mol. The maximum Gasteiger partial charge on any atom is 0.247 e. The van der Waals surface area contributed by atoms with Crippen molar-refractivity contribution in [1.29, 1.82) is 0 Å². The maximum atomic E-state index is 13.3. The second-order valence-corrected chi connectivity index (χ2v) is 8.14. The van der Waals surface area contributed by atoms with Crippen LogP contribution in [-0.4, -0.2) is 33.0 Å². The van der Waals surface area contributed by atoms with E-state index >= 15 is 0 Å². The van der Waals surface area contributed by atoms with Gasteiger partial charge in [0.25, 0.3) is 0 Å². The predicted molar refractivity (Wildman–Crippen MR) is 96.5 cm³/mol. The third-order valence-corrected chi connectivity index (χ3v) is 6.28. The lowest BCUT2D eigenvalue weighted by molar-refractivity contribution is 0.381. The average Bonchev–Trinajstić information content (AvgIpc) is 3.44. The van der Waals surface area contributed by atoms with Crippen LogP contribution in [0, 0.1) is 6.92 Å². The van der Waals surface area contributed by atoms with E-state index in [9.17, 15) is 8.42 Å². The molecule has 3 rings (SSSR count). The normalized spacial score (nSPS) is 14.6. The van der Waals surface area contributed by atoms with E-state index in [1.165, 1.54) is 7.11 Å². The Balaban J connectivity index is 1.95. The van der Waals surface area contributed by atoms with E-state index in [2.05, 4.69) is 0 Å². The molecule has 25 heavy (non-hydrogen) atoms. The maximum absolute atomic E-state index is 13.3. The average molecular weight is 361 g/mol. The molecule has 1 aliphatic rings. The van der Waals surface area contributed by atoms with Gasteiger partial charge in [-0.3, -0.25) is 0 Å². The zero-order chi connectivity index (χ0) is 18.0.